The van der Waals surface area contributed by atoms with E-state index < -0.39 is 0 Å². The second-order valence-electron chi connectivity index (χ2n) is 3.41. The maximum absolute atomic E-state index is 11.3. The summed E-state index contributed by atoms with van der Waals surface area (Å²) in [5.41, 5.74) is 5.44. The molecule has 0 bridgehead atoms. The zero-order valence-electron chi connectivity index (χ0n) is 7.76. The van der Waals surface area contributed by atoms with Gasteiger partial charge >= 0.3 is 0 Å². The molecule has 1 unspecified atom stereocenters. The Labute approximate surface area is 69.2 Å². The molecule has 2 heteroatoms. The van der Waals surface area contributed by atoms with Crippen molar-refractivity contribution >= 4 is 5.78 Å². The fraction of sp³-hybridized carbons (Fsp3) is 0.889. The van der Waals surface area contributed by atoms with Crippen molar-refractivity contribution in [2.24, 2.45) is 17.6 Å². The highest BCUT2D eigenvalue weighted by molar-refractivity contribution is 5.81. The lowest BCUT2D eigenvalue weighted by Crippen LogP contribution is -2.23. The van der Waals surface area contributed by atoms with Crippen LogP contribution in [0.2, 0.25) is 0 Å². The minimum atomic E-state index is 0.0948. The molecule has 0 aliphatic heterocycles. The largest absolute Gasteiger partial charge is 0.330 e. The number of nitrogens with two attached hydrogens (primary N) is 1. The van der Waals surface area contributed by atoms with E-state index in [1.165, 1.54) is 0 Å². The first-order valence-electron chi connectivity index (χ1n) is 4.34. The summed E-state index contributed by atoms with van der Waals surface area (Å²) in [6.45, 7) is 6.63. The maximum atomic E-state index is 11.3. The van der Waals surface area contributed by atoms with E-state index in [4.69, 9.17) is 5.73 Å². The minimum Gasteiger partial charge on any atom is -0.330 e. The number of carbonyl (C=O) groups excluding carboxylic acids is 1. The Morgan fingerprint density at radius 2 is 2.00 bits per heavy atom. The number of rotatable bonds is 5. The van der Waals surface area contributed by atoms with Gasteiger partial charge in [-0.2, -0.15) is 0 Å². The highest BCUT2D eigenvalue weighted by atomic mass is 16.1. The van der Waals surface area contributed by atoms with Crippen molar-refractivity contribution in [1.82, 2.24) is 0 Å². The first-order valence-corrected chi connectivity index (χ1v) is 4.34. The van der Waals surface area contributed by atoms with Crippen LogP contribution in [0.3, 0.4) is 0 Å². The topological polar surface area (TPSA) is 43.1 Å². The van der Waals surface area contributed by atoms with Crippen LogP contribution in [0.4, 0.5) is 0 Å². The molecule has 2 N–H and O–H groups in total. The molecule has 0 saturated heterocycles. The lowest BCUT2D eigenvalue weighted by Gasteiger charge is -2.11. The van der Waals surface area contributed by atoms with Crippen LogP contribution in [0, 0.1) is 11.8 Å². The van der Waals surface area contributed by atoms with Crippen LogP contribution in [0.1, 0.15) is 33.6 Å². The number of Topliss-reactive ketones (excluding diaryl/α,β-unsaturated/α-hetero) is 1. The summed E-state index contributed by atoms with van der Waals surface area (Å²) in [7, 11) is 0. The van der Waals surface area contributed by atoms with E-state index in [2.05, 4.69) is 13.8 Å². The van der Waals surface area contributed by atoms with Crippen LogP contribution < -0.4 is 5.73 Å². The number of hydrogen-bond donors (Lipinski definition) is 1. The predicted octanol–water partition coefficient (Wildman–Crippen LogP) is 1.59. The molecule has 0 aliphatic rings. The van der Waals surface area contributed by atoms with Crippen LogP contribution in [-0.2, 0) is 4.79 Å². The van der Waals surface area contributed by atoms with Gasteiger partial charge < -0.3 is 5.73 Å². The summed E-state index contributed by atoms with van der Waals surface area (Å²) in [4.78, 5) is 11.3. The number of carbonyl (C=O) groups is 1. The average molecular weight is 157 g/mol. The Morgan fingerprint density at radius 3 is 2.27 bits per heavy atom. The van der Waals surface area contributed by atoms with Gasteiger partial charge in [0.1, 0.15) is 5.78 Å². The lowest BCUT2D eigenvalue weighted by atomic mass is 9.94. The molecule has 0 fully saturated rings. The number of ketones is 1. The van der Waals surface area contributed by atoms with Gasteiger partial charge in [-0.3, -0.25) is 4.79 Å². The minimum absolute atomic E-state index is 0.0948. The van der Waals surface area contributed by atoms with E-state index in [1.807, 2.05) is 6.92 Å². The van der Waals surface area contributed by atoms with E-state index in [0.717, 1.165) is 6.42 Å². The van der Waals surface area contributed by atoms with Gasteiger partial charge in [0.15, 0.2) is 0 Å². The Hall–Kier alpha value is -0.370. The fourth-order valence-corrected chi connectivity index (χ4v) is 1.09. The predicted molar refractivity (Wildman–Crippen MR) is 47.3 cm³/mol. The Kier molecular flexibility index (Phi) is 5.12. The normalized spacial score (nSPS) is 13.5. The van der Waals surface area contributed by atoms with Crippen molar-refractivity contribution in [2.45, 2.75) is 33.6 Å². The lowest BCUT2D eigenvalue weighted by molar-refractivity contribution is -0.123. The van der Waals surface area contributed by atoms with Gasteiger partial charge in [0, 0.05) is 18.9 Å². The van der Waals surface area contributed by atoms with Gasteiger partial charge in [0.2, 0.25) is 0 Å². The third-order valence-electron chi connectivity index (χ3n) is 1.84. The second kappa shape index (κ2) is 5.30. The molecular formula is C9H19NO. The van der Waals surface area contributed by atoms with Crippen molar-refractivity contribution in [1.29, 1.82) is 0 Å². The van der Waals surface area contributed by atoms with E-state index in [0.29, 0.717) is 24.7 Å². The van der Waals surface area contributed by atoms with E-state index in [-0.39, 0.29) is 5.92 Å². The smallest absolute Gasteiger partial charge is 0.137 e. The molecule has 0 aromatic carbocycles. The standard InChI is InChI=1S/C9H19NO/c1-4-8(6-10)9(11)5-7(2)3/h7-8H,4-6,10H2,1-3H3. The molecule has 66 valence electrons. The monoisotopic (exact) mass is 157 g/mol. The molecule has 0 saturated carbocycles. The van der Waals surface area contributed by atoms with Gasteiger partial charge in [-0.1, -0.05) is 20.8 Å². The average Bonchev–Trinajstić information content (AvgIpc) is 1.88. The molecule has 0 amide bonds. The van der Waals surface area contributed by atoms with Crippen LogP contribution in [0.25, 0.3) is 0 Å². The van der Waals surface area contributed by atoms with E-state index in [9.17, 15) is 4.79 Å². The zero-order chi connectivity index (χ0) is 8.85. The summed E-state index contributed by atoms with van der Waals surface area (Å²) in [5, 5.41) is 0. The Bertz CT molecular complexity index is 117. The quantitative estimate of drug-likeness (QED) is 0.658. The van der Waals surface area contributed by atoms with Crippen molar-refractivity contribution in [3.8, 4) is 0 Å². The van der Waals surface area contributed by atoms with Gasteiger partial charge in [-0.05, 0) is 12.3 Å². The molecule has 0 heterocycles. The van der Waals surface area contributed by atoms with E-state index >= 15 is 0 Å². The van der Waals surface area contributed by atoms with Gasteiger partial charge in [0.05, 0.1) is 0 Å². The van der Waals surface area contributed by atoms with E-state index in [1.54, 1.807) is 0 Å². The fourth-order valence-electron chi connectivity index (χ4n) is 1.09. The summed E-state index contributed by atoms with van der Waals surface area (Å²) in [6.07, 6.45) is 1.55. The van der Waals surface area contributed by atoms with Crippen LogP contribution in [0.15, 0.2) is 0 Å². The van der Waals surface area contributed by atoms with Crippen LogP contribution in [-0.4, -0.2) is 12.3 Å². The van der Waals surface area contributed by atoms with Crippen molar-refractivity contribution in [3.63, 3.8) is 0 Å². The first-order chi connectivity index (χ1) is 5.11. The van der Waals surface area contributed by atoms with Gasteiger partial charge in [-0.15, -0.1) is 0 Å². The molecule has 0 rings (SSSR count). The molecule has 0 radical (unpaired) electrons. The van der Waals surface area contributed by atoms with Gasteiger partial charge in [-0.25, -0.2) is 0 Å². The Morgan fingerprint density at radius 1 is 1.45 bits per heavy atom. The highest BCUT2D eigenvalue weighted by Crippen LogP contribution is 2.09. The maximum Gasteiger partial charge on any atom is 0.137 e. The molecule has 0 aromatic rings. The molecule has 2 nitrogen and oxygen atoms in total. The second-order valence-corrected chi connectivity index (χ2v) is 3.41. The molecular weight excluding hydrogens is 138 g/mol. The molecule has 11 heavy (non-hydrogen) atoms. The zero-order valence-corrected chi connectivity index (χ0v) is 7.76. The van der Waals surface area contributed by atoms with Gasteiger partial charge in [0.25, 0.3) is 0 Å². The van der Waals surface area contributed by atoms with Crippen LogP contribution in [0.5, 0.6) is 0 Å². The Balaban J connectivity index is 3.79. The van der Waals surface area contributed by atoms with Crippen molar-refractivity contribution in [2.75, 3.05) is 6.54 Å². The summed E-state index contributed by atoms with van der Waals surface area (Å²) in [5.74, 6) is 0.880. The number of hydrogen-bond acceptors (Lipinski definition) is 2. The highest BCUT2D eigenvalue weighted by Gasteiger charge is 2.14. The van der Waals surface area contributed by atoms with Crippen molar-refractivity contribution < 1.29 is 4.79 Å². The molecule has 0 aliphatic carbocycles. The molecule has 1 atom stereocenters. The first kappa shape index (κ1) is 10.6. The summed E-state index contributed by atoms with van der Waals surface area (Å²) >= 11 is 0. The summed E-state index contributed by atoms with van der Waals surface area (Å²) in [6, 6.07) is 0. The van der Waals surface area contributed by atoms with Crippen molar-refractivity contribution in [3.05, 3.63) is 0 Å². The molecule has 0 spiro atoms. The third kappa shape index (κ3) is 4.14. The third-order valence-corrected chi connectivity index (χ3v) is 1.84. The van der Waals surface area contributed by atoms with Crippen LogP contribution >= 0.6 is 0 Å². The summed E-state index contributed by atoms with van der Waals surface area (Å²) < 4.78 is 0. The SMILES string of the molecule is CCC(CN)C(=O)CC(C)C. The molecule has 0 aromatic heterocycles.